The number of anilines is 2. The third-order valence-corrected chi connectivity index (χ3v) is 6.58. The number of carboxylic acid groups (broad SMARTS) is 1. The van der Waals surface area contributed by atoms with Gasteiger partial charge in [0, 0.05) is 45.2 Å². The van der Waals surface area contributed by atoms with Crippen LogP contribution in [0.25, 0.3) is 0 Å². The smallest absolute Gasteiger partial charge is 0.303 e. The third kappa shape index (κ3) is 7.66. The summed E-state index contributed by atoms with van der Waals surface area (Å²) in [6, 6.07) is 13.6. The van der Waals surface area contributed by atoms with Gasteiger partial charge >= 0.3 is 5.97 Å². The molecule has 0 aromatic heterocycles. The molecule has 202 valence electrons. The first-order valence-electron chi connectivity index (χ1n) is 12.6. The Bertz CT molecular complexity index is 1040. The molecule has 2 aliphatic rings. The van der Waals surface area contributed by atoms with Crippen molar-refractivity contribution in [3.05, 3.63) is 42.5 Å². The summed E-state index contributed by atoms with van der Waals surface area (Å²) < 4.78 is 17.0. The molecule has 1 fully saturated rings. The van der Waals surface area contributed by atoms with Gasteiger partial charge in [0.1, 0.15) is 17.2 Å². The number of methoxy groups -OCH3 is 1. The number of carboxylic acids is 1. The zero-order valence-electron chi connectivity index (χ0n) is 21.3. The highest BCUT2D eigenvalue weighted by molar-refractivity contribution is 5.98. The number of ether oxygens (including phenoxy) is 3. The number of para-hydroxylation sites is 2. The second-order valence-electron chi connectivity index (χ2n) is 9.02. The summed E-state index contributed by atoms with van der Waals surface area (Å²) in [5.74, 6) is 1.18. The van der Waals surface area contributed by atoms with Gasteiger partial charge in [-0.25, -0.2) is 0 Å². The quantitative estimate of drug-likeness (QED) is 0.413. The van der Waals surface area contributed by atoms with Crippen molar-refractivity contribution in [3.63, 3.8) is 0 Å². The Kier molecular flexibility index (Phi) is 10.7. The van der Waals surface area contributed by atoms with Crippen LogP contribution in [0.3, 0.4) is 0 Å². The number of hydrogen-bond acceptors (Lipinski definition) is 7. The molecule has 0 unspecified atom stereocenters. The molecule has 1 amide bonds. The fourth-order valence-corrected chi connectivity index (χ4v) is 4.64. The maximum atomic E-state index is 12.3. The van der Waals surface area contributed by atoms with Crippen molar-refractivity contribution in [3.8, 4) is 17.2 Å². The normalized spacial score (nSPS) is 15.4. The minimum atomic E-state index is -0.869. The van der Waals surface area contributed by atoms with Crippen molar-refractivity contribution in [2.45, 2.75) is 25.7 Å². The van der Waals surface area contributed by atoms with Crippen LogP contribution in [-0.4, -0.2) is 81.5 Å². The van der Waals surface area contributed by atoms with Crippen molar-refractivity contribution in [1.29, 1.82) is 0 Å². The van der Waals surface area contributed by atoms with Crippen molar-refractivity contribution in [1.82, 2.24) is 4.90 Å². The number of carbonyl (C=O) groups is 2. The maximum Gasteiger partial charge on any atom is 0.303 e. The minimum absolute atomic E-state index is 0. The SMILES string of the molecule is COc1ccccc1N1CCN(CCCCOc2ccc3c(c2)N(CCCC(=O)O)C(=O)CO3)CC1.Cl. The molecule has 0 aliphatic carbocycles. The van der Waals surface area contributed by atoms with Crippen LogP contribution >= 0.6 is 12.4 Å². The lowest BCUT2D eigenvalue weighted by molar-refractivity contribution is -0.137. The minimum Gasteiger partial charge on any atom is -0.495 e. The molecule has 0 spiro atoms. The van der Waals surface area contributed by atoms with Gasteiger partial charge in [-0.05, 0) is 50.1 Å². The van der Waals surface area contributed by atoms with Crippen molar-refractivity contribution >= 4 is 35.7 Å². The van der Waals surface area contributed by atoms with E-state index < -0.39 is 5.97 Å². The summed E-state index contributed by atoms with van der Waals surface area (Å²) in [6.45, 7) is 5.94. The zero-order chi connectivity index (χ0) is 25.3. The molecule has 0 radical (unpaired) electrons. The second-order valence-corrected chi connectivity index (χ2v) is 9.02. The van der Waals surface area contributed by atoms with Crippen LogP contribution in [-0.2, 0) is 9.59 Å². The lowest BCUT2D eigenvalue weighted by Crippen LogP contribution is -2.46. The van der Waals surface area contributed by atoms with Gasteiger partial charge in [-0.2, -0.15) is 0 Å². The van der Waals surface area contributed by atoms with E-state index in [1.54, 1.807) is 12.0 Å². The summed E-state index contributed by atoms with van der Waals surface area (Å²) in [5, 5.41) is 8.89. The lowest BCUT2D eigenvalue weighted by atomic mass is 10.2. The van der Waals surface area contributed by atoms with Crippen molar-refractivity contribution in [2.24, 2.45) is 0 Å². The van der Waals surface area contributed by atoms with Gasteiger partial charge in [-0.1, -0.05) is 12.1 Å². The standard InChI is InChI=1S/C27H35N3O6.ClH/c1-34-24-8-3-2-7-22(24)29-16-14-28(15-17-29)12-4-5-18-35-21-10-11-25-23(19-21)30(26(31)20-36-25)13-6-9-27(32)33;/h2-3,7-8,10-11,19H,4-6,9,12-18,20H2,1H3,(H,32,33);1H. The zero-order valence-corrected chi connectivity index (χ0v) is 22.1. The predicted molar refractivity (Wildman–Crippen MR) is 145 cm³/mol. The number of nitrogens with zero attached hydrogens (tertiary/aromatic N) is 3. The highest BCUT2D eigenvalue weighted by Crippen LogP contribution is 2.35. The number of hydrogen-bond donors (Lipinski definition) is 1. The van der Waals surface area contributed by atoms with Crippen LogP contribution < -0.4 is 24.0 Å². The van der Waals surface area contributed by atoms with Gasteiger partial charge in [-0.15, -0.1) is 12.4 Å². The summed E-state index contributed by atoms with van der Waals surface area (Å²) in [6.07, 6.45) is 2.38. The largest absolute Gasteiger partial charge is 0.495 e. The number of aliphatic carboxylic acids is 1. The van der Waals surface area contributed by atoms with Crippen LogP contribution in [0, 0.1) is 0 Å². The summed E-state index contributed by atoms with van der Waals surface area (Å²) in [4.78, 5) is 29.6. The van der Waals surface area contributed by atoms with Crippen LogP contribution in [0.1, 0.15) is 25.7 Å². The summed E-state index contributed by atoms with van der Waals surface area (Å²) in [7, 11) is 1.72. The molecule has 1 saturated heterocycles. The van der Waals surface area contributed by atoms with Crippen molar-refractivity contribution < 1.29 is 28.9 Å². The Morgan fingerprint density at radius 3 is 2.54 bits per heavy atom. The number of benzene rings is 2. The molecule has 37 heavy (non-hydrogen) atoms. The molecular weight excluding hydrogens is 498 g/mol. The third-order valence-electron chi connectivity index (χ3n) is 6.58. The predicted octanol–water partition coefficient (Wildman–Crippen LogP) is 3.69. The number of rotatable bonds is 12. The van der Waals surface area contributed by atoms with E-state index in [0.717, 1.165) is 57.0 Å². The molecule has 2 aromatic rings. The van der Waals surface area contributed by atoms with Crippen LogP contribution in [0.2, 0.25) is 0 Å². The maximum absolute atomic E-state index is 12.3. The highest BCUT2D eigenvalue weighted by Gasteiger charge is 2.26. The topological polar surface area (TPSA) is 91.8 Å². The van der Waals surface area contributed by atoms with Gasteiger partial charge in [0.2, 0.25) is 0 Å². The van der Waals surface area contributed by atoms with E-state index in [0.29, 0.717) is 36.8 Å². The molecule has 2 aromatic carbocycles. The Morgan fingerprint density at radius 1 is 1.00 bits per heavy atom. The summed E-state index contributed by atoms with van der Waals surface area (Å²) in [5.41, 5.74) is 1.80. The van der Waals surface area contributed by atoms with E-state index in [4.69, 9.17) is 19.3 Å². The molecule has 10 heteroatoms. The fraction of sp³-hybridized carbons (Fsp3) is 0.481. The van der Waals surface area contributed by atoms with Crippen LogP contribution in [0.4, 0.5) is 11.4 Å². The molecule has 1 N–H and O–H groups in total. The number of piperazine rings is 1. The molecular formula is C27H36ClN3O6. The first-order valence-corrected chi connectivity index (χ1v) is 12.6. The summed E-state index contributed by atoms with van der Waals surface area (Å²) >= 11 is 0. The van der Waals surface area contributed by atoms with E-state index in [2.05, 4.69) is 21.9 Å². The number of amides is 1. The Hall–Kier alpha value is -3.17. The van der Waals surface area contributed by atoms with E-state index in [1.165, 1.54) is 0 Å². The van der Waals surface area contributed by atoms with Crippen LogP contribution in [0.5, 0.6) is 17.2 Å². The fourth-order valence-electron chi connectivity index (χ4n) is 4.64. The lowest BCUT2D eigenvalue weighted by Gasteiger charge is -2.36. The van der Waals surface area contributed by atoms with Gasteiger partial charge in [0.25, 0.3) is 5.91 Å². The number of fused-ring (bicyclic) bond motifs is 1. The van der Waals surface area contributed by atoms with Crippen molar-refractivity contribution in [2.75, 3.05) is 69.4 Å². The monoisotopic (exact) mass is 533 g/mol. The molecule has 2 heterocycles. The van der Waals surface area contributed by atoms with E-state index in [9.17, 15) is 9.59 Å². The molecule has 9 nitrogen and oxygen atoms in total. The average molecular weight is 534 g/mol. The van der Waals surface area contributed by atoms with E-state index >= 15 is 0 Å². The Morgan fingerprint density at radius 2 is 1.78 bits per heavy atom. The molecule has 2 aliphatic heterocycles. The molecule has 4 rings (SSSR count). The van der Waals surface area contributed by atoms with E-state index in [-0.39, 0.29) is 31.3 Å². The molecule has 0 atom stereocenters. The first-order chi connectivity index (χ1) is 17.5. The Labute approximate surface area is 224 Å². The number of unbranched alkanes of at least 4 members (excludes halogenated alkanes) is 1. The highest BCUT2D eigenvalue weighted by atomic mass is 35.5. The average Bonchev–Trinajstić information content (AvgIpc) is 2.90. The van der Waals surface area contributed by atoms with Gasteiger partial charge in [0.15, 0.2) is 6.61 Å². The Balaban J connectivity index is 0.00000380. The first kappa shape index (κ1) is 28.4. The number of carbonyl (C=O) groups excluding carboxylic acids is 1. The molecule has 0 bridgehead atoms. The van der Waals surface area contributed by atoms with Gasteiger partial charge in [0.05, 0.1) is 25.1 Å². The molecule has 0 saturated carbocycles. The second kappa shape index (κ2) is 13.9. The van der Waals surface area contributed by atoms with E-state index in [1.807, 2.05) is 30.3 Å². The van der Waals surface area contributed by atoms with Crippen LogP contribution in [0.15, 0.2) is 42.5 Å². The van der Waals surface area contributed by atoms with Gasteiger partial charge < -0.3 is 29.1 Å². The van der Waals surface area contributed by atoms with Gasteiger partial charge in [-0.3, -0.25) is 14.5 Å². The number of halogens is 1.